The van der Waals surface area contributed by atoms with Crippen molar-refractivity contribution in [2.75, 3.05) is 24.7 Å². The van der Waals surface area contributed by atoms with E-state index in [1.54, 1.807) is 0 Å². The van der Waals surface area contributed by atoms with Crippen molar-refractivity contribution in [2.24, 2.45) is 5.73 Å². The number of hydrogen-bond donors (Lipinski definition) is 7. The summed E-state index contributed by atoms with van der Waals surface area (Å²) in [6, 6.07) is -1.10. The number of alkyl halides is 1. The number of halogens is 1. The summed E-state index contributed by atoms with van der Waals surface area (Å²) in [6.45, 7) is -1.46. The van der Waals surface area contributed by atoms with Gasteiger partial charge in [0.1, 0.15) is 42.0 Å². The molecule has 0 radical (unpaired) electrons. The Kier molecular flexibility index (Phi) is 6.74. The number of H-pyrrole nitrogens is 1. The molecule has 0 spiro atoms. The van der Waals surface area contributed by atoms with E-state index in [-0.39, 0.29) is 34.1 Å². The van der Waals surface area contributed by atoms with Crippen molar-refractivity contribution in [3.63, 3.8) is 0 Å². The number of nitrogen functional groups attached to an aromatic ring is 2. The van der Waals surface area contributed by atoms with Gasteiger partial charge in [0.25, 0.3) is 5.56 Å². The quantitative estimate of drug-likeness (QED) is 0.108. The van der Waals surface area contributed by atoms with Crippen molar-refractivity contribution < 1.29 is 38.1 Å². The first-order chi connectivity index (χ1) is 19.5. The van der Waals surface area contributed by atoms with E-state index in [1.165, 1.54) is 17.2 Å². The Labute approximate surface area is 227 Å². The molecule has 4 aromatic heterocycles. The molecule has 10 N–H and O–H groups in total. The van der Waals surface area contributed by atoms with Crippen LogP contribution in [-0.2, 0) is 18.6 Å². The van der Waals surface area contributed by atoms with Crippen LogP contribution in [0.1, 0.15) is 12.5 Å². The highest BCUT2D eigenvalue weighted by Crippen LogP contribution is 2.58. The highest BCUT2D eigenvalue weighted by Gasteiger charge is 2.56. The van der Waals surface area contributed by atoms with Crippen LogP contribution in [0, 0.1) is 0 Å². The van der Waals surface area contributed by atoms with Crippen LogP contribution in [-0.4, -0.2) is 104 Å². The molecule has 0 aliphatic carbocycles. The van der Waals surface area contributed by atoms with E-state index in [4.69, 9.17) is 31.2 Å². The fourth-order valence-electron chi connectivity index (χ4n) is 5.02. The maximum Gasteiger partial charge on any atom is 0.338 e. The van der Waals surface area contributed by atoms with Crippen LogP contribution < -0.4 is 22.8 Å². The maximum absolute atomic E-state index is 15.4. The summed E-state index contributed by atoms with van der Waals surface area (Å²) in [4.78, 5) is 45.4. The predicted molar refractivity (Wildman–Crippen MR) is 136 cm³/mol. The monoisotopic (exact) mass is 597 g/mol. The van der Waals surface area contributed by atoms with Crippen LogP contribution in [0.5, 0.6) is 0 Å². The van der Waals surface area contributed by atoms with Crippen molar-refractivity contribution in [1.29, 1.82) is 0 Å². The standard InChI is InChI=1S/C20H25FN11O8P/c21-8-6(1-33)39-19(32-5-28-11-16(32)29-20(24)30-17(11)35)13(8)41(36,37)38-2-7-9(22)12(34)18(40-7)31-4-27-10-14(23)25-3-26-15(10)31/h3-9,12-13,18-19,33-34H,1-2,22H2,(H,36,37)(H2,23,25,26)(H3,24,29,30,35)/t6-,7-,8-,9-,12-,13-,18-,19-/m1/s1. The number of fused-ring (bicyclic) bond motifs is 2. The minimum absolute atomic E-state index is 0.107. The molecule has 0 amide bonds. The van der Waals surface area contributed by atoms with Gasteiger partial charge in [-0.25, -0.2) is 24.3 Å². The molecule has 2 fully saturated rings. The number of nitrogens with one attached hydrogen (secondary N) is 1. The minimum atomic E-state index is -4.95. The van der Waals surface area contributed by atoms with E-state index in [9.17, 15) is 24.5 Å². The van der Waals surface area contributed by atoms with Crippen LogP contribution in [0.2, 0.25) is 0 Å². The summed E-state index contributed by atoms with van der Waals surface area (Å²) in [7, 11) is -4.95. The second-order valence-electron chi connectivity index (χ2n) is 9.53. The number of nitrogens with two attached hydrogens (primary N) is 3. The van der Waals surface area contributed by atoms with Gasteiger partial charge in [0.05, 0.1) is 31.9 Å². The van der Waals surface area contributed by atoms with Crippen LogP contribution >= 0.6 is 7.60 Å². The number of rotatable bonds is 7. The van der Waals surface area contributed by atoms with Crippen LogP contribution in [0.3, 0.4) is 0 Å². The topological polar surface area (TPSA) is 291 Å². The Bertz CT molecular complexity index is 1720. The first-order valence-electron chi connectivity index (χ1n) is 12.1. The second kappa shape index (κ2) is 10.0. The van der Waals surface area contributed by atoms with E-state index in [0.29, 0.717) is 0 Å². The van der Waals surface area contributed by atoms with Crippen molar-refractivity contribution in [2.45, 2.75) is 48.6 Å². The highest BCUT2D eigenvalue weighted by molar-refractivity contribution is 7.53. The van der Waals surface area contributed by atoms with Gasteiger partial charge in [0.15, 0.2) is 35.1 Å². The molecule has 2 saturated heterocycles. The molecule has 6 heterocycles. The number of aromatic nitrogens is 8. The molecule has 21 heteroatoms. The number of hydrogen-bond acceptors (Lipinski definition) is 15. The predicted octanol–water partition coefficient (Wildman–Crippen LogP) is -2.49. The number of aliphatic hydroxyl groups is 2. The Morgan fingerprint density at radius 1 is 1.07 bits per heavy atom. The summed E-state index contributed by atoms with van der Waals surface area (Å²) < 4.78 is 48.1. The highest BCUT2D eigenvalue weighted by atomic mass is 31.2. The van der Waals surface area contributed by atoms with E-state index in [1.807, 2.05) is 0 Å². The fraction of sp³-hybridized carbons (Fsp3) is 0.500. The zero-order chi connectivity index (χ0) is 29.2. The molecule has 0 aromatic carbocycles. The third kappa shape index (κ3) is 4.44. The van der Waals surface area contributed by atoms with Gasteiger partial charge in [-0.05, 0) is 0 Å². The first kappa shape index (κ1) is 27.5. The van der Waals surface area contributed by atoms with E-state index >= 15 is 4.39 Å². The first-order valence-corrected chi connectivity index (χ1v) is 13.8. The summed E-state index contributed by atoms with van der Waals surface area (Å²) in [6.07, 6.45) is -5.24. The van der Waals surface area contributed by atoms with Crippen LogP contribution in [0.15, 0.2) is 23.8 Å². The van der Waals surface area contributed by atoms with Gasteiger partial charge in [0.2, 0.25) is 5.95 Å². The third-order valence-electron chi connectivity index (χ3n) is 7.08. The number of aliphatic hydroxyl groups excluding tert-OH is 2. The van der Waals surface area contributed by atoms with Gasteiger partial charge >= 0.3 is 7.60 Å². The molecule has 9 atom stereocenters. The van der Waals surface area contributed by atoms with Crippen molar-refractivity contribution >= 4 is 41.7 Å². The van der Waals surface area contributed by atoms with Crippen LogP contribution in [0.4, 0.5) is 16.2 Å². The largest absolute Gasteiger partial charge is 0.394 e. The average molecular weight is 597 g/mol. The number of ether oxygens (including phenoxy) is 2. The van der Waals surface area contributed by atoms with E-state index in [2.05, 4.69) is 29.9 Å². The SMILES string of the molecule is Nc1nc2c(ncn2[C@@H]2O[C@H](CO)[C@@H](F)[C@H]2P(=O)(O)OC[C@H]2O[C@@H](n3cnc4c(N)ncnc43)[C@H](O)[C@@H]2N)c(=O)[nH]1. The van der Waals surface area contributed by atoms with Gasteiger partial charge in [-0.2, -0.15) is 4.98 Å². The van der Waals surface area contributed by atoms with Crippen molar-refractivity contribution in [3.8, 4) is 0 Å². The molecule has 0 bridgehead atoms. The Morgan fingerprint density at radius 3 is 2.49 bits per heavy atom. The molecule has 0 saturated carbocycles. The molecule has 2 aliphatic rings. The zero-order valence-electron chi connectivity index (χ0n) is 20.8. The lowest BCUT2D eigenvalue weighted by Crippen LogP contribution is -2.41. The lowest BCUT2D eigenvalue weighted by Gasteiger charge is -2.26. The molecular formula is C20H25FN11O8P. The summed E-state index contributed by atoms with van der Waals surface area (Å²) >= 11 is 0. The average Bonchev–Trinajstić information content (AvgIpc) is 3.68. The number of imidazole rings is 2. The molecule has 19 nitrogen and oxygen atoms in total. The lowest BCUT2D eigenvalue weighted by atomic mass is 10.1. The molecule has 4 aromatic rings. The Morgan fingerprint density at radius 2 is 1.76 bits per heavy atom. The normalized spacial score (nSPS) is 31.7. The van der Waals surface area contributed by atoms with Gasteiger partial charge in [-0.15, -0.1) is 0 Å². The van der Waals surface area contributed by atoms with E-state index in [0.717, 1.165) is 10.9 Å². The Balaban J connectivity index is 1.25. The number of anilines is 2. The molecule has 41 heavy (non-hydrogen) atoms. The number of nitrogens with zero attached hydrogens (tertiary/aromatic N) is 7. The fourth-order valence-corrected chi connectivity index (χ4v) is 6.64. The van der Waals surface area contributed by atoms with Gasteiger partial charge in [-0.3, -0.25) is 23.5 Å². The van der Waals surface area contributed by atoms with Crippen molar-refractivity contribution in [3.05, 3.63) is 29.3 Å². The molecular weight excluding hydrogens is 572 g/mol. The summed E-state index contributed by atoms with van der Waals surface area (Å²) in [5.41, 5.74) is 15.2. The molecule has 1 unspecified atom stereocenters. The van der Waals surface area contributed by atoms with Crippen LogP contribution in [0.25, 0.3) is 22.3 Å². The van der Waals surface area contributed by atoms with Gasteiger partial charge in [-0.1, -0.05) is 0 Å². The maximum atomic E-state index is 15.4. The second-order valence-corrected chi connectivity index (χ2v) is 11.5. The molecule has 6 rings (SSSR count). The summed E-state index contributed by atoms with van der Waals surface area (Å²) in [5, 5.41) is 20.4. The molecule has 220 valence electrons. The number of aromatic amines is 1. The zero-order valence-corrected chi connectivity index (χ0v) is 21.7. The van der Waals surface area contributed by atoms with Crippen molar-refractivity contribution in [1.82, 2.24) is 39.0 Å². The third-order valence-corrected chi connectivity index (χ3v) is 8.90. The van der Waals surface area contributed by atoms with E-state index < -0.39 is 75.0 Å². The van der Waals surface area contributed by atoms with Gasteiger partial charge < -0.3 is 46.3 Å². The smallest absolute Gasteiger partial charge is 0.338 e. The Hall–Kier alpha value is -3.62. The lowest BCUT2D eigenvalue weighted by molar-refractivity contribution is -0.0476. The van der Waals surface area contributed by atoms with Gasteiger partial charge in [0, 0.05) is 0 Å². The summed E-state index contributed by atoms with van der Waals surface area (Å²) in [5.74, 6) is -0.173. The molecule has 2 aliphatic heterocycles. The minimum Gasteiger partial charge on any atom is -0.394 e.